The Morgan fingerprint density at radius 1 is 1.42 bits per heavy atom. The number of aliphatic carboxylic acids is 1. The van der Waals surface area contributed by atoms with Crippen molar-refractivity contribution in [3.63, 3.8) is 0 Å². The topological polar surface area (TPSA) is 105 Å². The van der Waals surface area contributed by atoms with E-state index in [2.05, 4.69) is 10.3 Å². The highest BCUT2D eigenvalue weighted by Gasteiger charge is 2.45. The van der Waals surface area contributed by atoms with Crippen molar-refractivity contribution in [2.75, 3.05) is 5.32 Å². The number of anilines is 1. The zero-order valence-electron chi connectivity index (χ0n) is 11.0. The number of primary amides is 1. The van der Waals surface area contributed by atoms with Gasteiger partial charge in [0.1, 0.15) is 11.4 Å². The minimum absolute atomic E-state index is 0.262. The molecule has 1 aliphatic rings. The summed E-state index contributed by atoms with van der Waals surface area (Å²) in [4.78, 5) is 27.1. The van der Waals surface area contributed by atoms with Crippen LogP contribution in [0, 0.1) is 13.8 Å². The van der Waals surface area contributed by atoms with Crippen LogP contribution in [0.25, 0.3) is 0 Å². The van der Waals surface area contributed by atoms with Crippen LogP contribution < -0.4 is 11.1 Å². The van der Waals surface area contributed by atoms with Crippen molar-refractivity contribution < 1.29 is 14.7 Å². The predicted octanol–water partition coefficient (Wildman–Crippen LogP) is 1.22. The maximum absolute atomic E-state index is 11.5. The molecule has 1 aliphatic carbocycles. The third-order valence-corrected chi connectivity index (χ3v) is 3.57. The fraction of sp³-hybridized carbons (Fsp3) is 0.462. The minimum atomic E-state index is -1.02. The van der Waals surface area contributed by atoms with E-state index in [1.54, 1.807) is 19.9 Å². The number of amides is 1. The quantitative estimate of drug-likeness (QED) is 0.757. The first-order valence-electron chi connectivity index (χ1n) is 6.15. The lowest BCUT2D eigenvalue weighted by molar-refractivity contribution is -0.145. The summed E-state index contributed by atoms with van der Waals surface area (Å²) in [5.41, 5.74) is 6.01. The Balaban J connectivity index is 2.44. The molecule has 0 aromatic carbocycles. The zero-order chi connectivity index (χ0) is 14.2. The van der Waals surface area contributed by atoms with E-state index in [9.17, 15) is 14.7 Å². The summed E-state index contributed by atoms with van der Waals surface area (Å²) < 4.78 is 0. The lowest BCUT2D eigenvalue weighted by atomic mass is 9.76. The monoisotopic (exact) mass is 263 g/mol. The Kier molecular flexibility index (Phi) is 3.18. The van der Waals surface area contributed by atoms with Crippen molar-refractivity contribution in [3.8, 4) is 0 Å². The smallest absolute Gasteiger partial charge is 0.329 e. The highest BCUT2D eigenvalue weighted by atomic mass is 16.4. The van der Waals surface area contributed by atoms with Gasteiger partial charge in [-0.1, -0.05) is 0 Å². The van der Waals surface area contributed by atoms with Gasteiger partial charge in [0.15, 0.2) is 0 Å². The van der Waals surface area contributed by atoms with Gasteiger partial charge in [-0.15, -0.1) is 0 Å². The first kappa shape index (κ1) is 13.3. The summed E-state index contributed by atoms with van der Waals surface area (Å²) in [6.07, 6.45) is 1.89. The molecule has 4 N–H and O–H groups in total. The molecule has 0 spiro atoms. The molecule has 1 saturated carbocycles. The number of nitrogens with zero attached hydrogens (tertiary/aromatic N) is 1. The van der Waals surface area contributed by atoms with Crippen molar-refractivity contribution >= 4 is 17.7 Å². The van der Waals surface area contributed by atoms with Gasteiger partial charge in [0.05, 0.1) is 5.56 Å². The lowest BCUT2D eigenvalue weighted by Gasteiger charge is -2.39. The van der Waals surface area contributed by atoms with Gasteiger partial charge in [0.25, 0.3) is 5.91 Å². The van der Waals surface area contributed by atoms with Gasteiger partial charge < -0.3 is 16.2 Å². The number of aryl methyl sites for hydroxylation is 2. The van der Waals surface area contributed by atoms with Crippen LogP contribution in [0.3, 0.4) is 0 Å². The molecule has 0 aliphatic heterocycles. The lowest BCUT2D eigenvalue weighted by Crippen LogP contribution is -2.52. The average molecular weight is 263 g/mol. The maximum atomic E-state index is 11.5. The Labute approximate surface area is 111 Å². The molecule has 0 unspecified atom stereocenters. The third kappa shape index (κ3) is 2.25. The number of nitrogens with two attached hydrogens (primary N) is 1. The molecule has 0 saturated heterocycles. The van der Waals surface area contributed by atoms with E-state index in [0.29, 0.717) is 24.1 Å². The van der Waals surface area contributed by atoms with Crippen LogP contribution in [0.1, 0.15) is 40.9 Å². The SMILES string of the molecule is Cc1cc(C)c(C(N)=O)c(NC2(C(=O)O)CCC2)n1. The normalized spacial score (nSPS) is 16.5. The summed E-state index contributed by atoms with van der Waals surface area (Å²) >= 11 is 0. The van der Waals surface area contributed by atoms with Gasteiger partial charge in [0.2, 0.25) is 0 Å². The summed E-state index contributed by atoms with van der Waals surface area (Å²) in [5, 5.41) is 12.2. The van der Waals surface area contributed by atoms with Crippen LogP contribution in [0.4, 0.5) is 5.82 Å². The van der Waals surface area contributed by atoms with Gasteiger partial charge in [-0.05, 0) is 44.7 Å². The van der Waals surface area contributed by atoms with Crippen LogP contribution >= 0.6 is 0 Å². The van der Waals surface area contributed by atoms with Gasteiger partial charge in [-0.2, -0.15) is 0 Å². The number of carboxylic acids is 1. The number of hydrogen-bond donors (Lipinski definition) is 3. The van der Waals surface area contributed by atoms with Gasteiger partial charge in [0, 0.05) is 5.69 Å². The molecule has 1 aromatic heterocycles. The summed E-state index contributed by atoms with van der Waals surface area (Å²) in [5.74, 6) is -1.26. The highest BCUT2D eigenvalue weighted by molar-refractivity contribution is 6.00. The number of rotatable bonds is 4. The van der Waals surface area contributed by atoms with Crippen LogP contribution in [0.15, 0.2) is 6.07 Å². The first-order valence-corrected chi connectivity index (χ1v) is 6.15. The Hall–Kier alpha value is -2.11. The van der Waals surface area contributed by atoms with E-state index in [4.69, 9.17) is 5.73 Å². The summed E-state index contributed by atoms with van der Waals surface area (Å²) in [6.45, 7) is 3.55. The second kappa shape index (κ2) is 4.53. The molecular weight excluding hydrogens is 246 g/mol. The largest absolute Gasteiger partial charge is 0.480 e. The van der Waals surface area contributed by atoms with E-state index in [-0.39, 0.29) is 11.4 Å². The number of carboxylic acid groups (broad SMARTS) is 1. The first-order chi connectivity index (χ1) is 8.85. The molecule has 102 valence electrons. The number of hydrogen-bond acceptors (Lipinski definition) is 4. The van der Waals surface area contributed by atoms with E-state index in [0.717, 1.165) is 6.42 Å². The Morgan fingerprint density at radius 2 is 2.05 bits per heavy atom. The zero-order valence-corrected chi connectivity index (χ0v) is 11.0. The number of pyridine rings is 1. The molecule has 2 rings (SSSR count). The molecule has 0 atom stereocenters. The van der Waals surface area contributed by atoms with Crippen molar-refractivity contribution in [2.45, 2.75) is 38.6 Å². The molecule has 1 heterocycles. The second-order valence-corrected chi connectivity index (χ2v) is 5.03. The molecule has 1 amide bonds. The van der Waals surface area contributed by atoms with E-state index < -0.39 is 17.4 Å². The van der Waals surface area contributed by atoms with E-state index >= 15 is 0 Å². The summed E-state index contributed by atoms with van der Waals surface area (Å²) in [6, 6.07) is 1.75. The molecule has 6 heteroatoms. The third-order valence-electron chi connectivity index (χ3n) is 3.57. The average Bonchev–Trinajstić information content (AvgIpc) is 2.20. The number of nitrogens with one attached hydrogen (secondary N) is 1. The van der Waals surface area contributed by atoms with Crippen LogP contribution in [0.5, 0.6) is 0 Å². The standard InChI is InChI=1S/C13H17N3O3/c1-7-6-8(2)15-11(9(7)10(14)17)16-13(12(18)19)4-3-5-13/h6H,3-5H2,1-2H3,(H2,14,17)(H,15,16)(H,18,19). The van der Waals surface area contributed by atoms with E-state index in [1.165, 1.54) is 0 Å². The molecular formula is C13H17N3O3. The molecule has 6 nitrogen and oxygen atoms in total. The minimum Gasteiger partial charge on any atom is -0.480 e. The van der Waals surface area contributed by atoms with Crippen molar-refractivity contribution in [3.05, 3.63) is 22.9 Å². The molecule has 19 heavy (non-hydrogen) atoms. The molecule has 1 aromatic rings. The molecule has 0 bridgehead atoms. The highest BCUT2D eigenvalue weighted by Crippen LogP contribution is 2.36. The van der Waals surface area contributed by atoms with Gasteiger partial charge in [-0.25, -0.2) is 9.78 Å². The van der Waals surface area contributed by atoms with Crippen molar-refractivity contribution in [1.29, 1.82) is 0 Å². The molecule has 0 radical (unpaired) electrons. The second-order valence-electron chi connectivity index (χ2n) is 5.03. The van der Waals surface area contributed by atoms with Crippen LogP contribution in [-0.2, 0) is 4.79 Å². The van der Waals surface area contributed by atoms with Crippen LogP contribution in [0.2, 0.25) is 0 Å². The Morgan fingerprint density at radius 3 is 2.47 bits per heavy atom. The van der Waals surface area contributed by atoms with Gasteiger partial charge in [-0.3, -0.25) is 4.79 Å². The van der Waals surface area contributed by atoms with Gasteiger partial charge >= 0.3 is 5.97 Å². The number of aromatic nitrogens is 1. The van der Waals surface area contributed by atoms with Crippen LogP contribution in [-0.4, -0.2) is 27.5 Å². The van der Waals surface area contributed by atoms with E-state index in [1.807, 2.05) is 0 Å². The fourth-order valence-electron chi connectivity index (χ4n) is 2.39. The predicted molar refractivity (Wildman–Crippen MR) is 70.1 cm³/mol. The number of carbonyl (C=O) groups excluding carboxylic acids is 1. The van der Waals surface area contributed by atoms with Crippen molar-refractivity contribution in [1.82, 2.24) is 4.98 Å². The Bertz CT molecular complexity index is 550. The fourth-order valence-corrected chi connectivity index (χ4v) is 2.39. The number of carbonyl (C=O) groups is 2. The molecule has 1 fully saturated rings. The maximum Gasteiger partial charge on any atom is 0.329 e. The summed E-state index contributed by atoms with van der Waals surface area (Å²) in [7, 11) is 0. The van der Waals surface area contributed by atoms with Crippen molar-refractivity contribution in [2.24, 2.45) is 5.73 Å².